The van der Waals surface area contributed by atoms with Crippen LogP contribution in [0.2, 0.25) is 5.02 Å². The van der Waals surface area contributed by atoms with Gasteiger partial charge in [0.25, 0.3) is 0 Å². The smallest absolute Gasteiger partial charge is 0.133 e. The fourth-order valence-electron chi connectivity index (χ4n) is 1.33. The van der Waals surface area contributed by atoms with Gasteiger partial charge in [0, 0.05) is 29.5 Å². The molecule has 0 fully saturated rings. The Kier molecular flexibility index (Phi) is 3.39. The monoisotopic (exact) mass is 234 g/mol. The van der Waals surface area contributed by atoms with Crippen molar-refractivity contribution in [1.82, 2.24) is 4.98 Å². The Morgan fingerprint density at radius 1 is 1.19 bits per heavy atom. The third kappa shape index (κ3) is 2.51. The molecule has 0 bridgehead atoms. The molecule has 0 spiro atoms. The third-order valence-electron chi connectivity index (χ3n) is 2.13. The predicted molar refractivity (Wildman–Crippen MR) is 63.7 cm³/mol. The lowest BCUT2D eigenvalue weighted by molar-refractivity contribution is 0.476. The number of halogens is 1. The van der Waals surface area contributed by atoms with E-state index in [2.05, 4.69) is 4.98 Å². The molecule has 1 aromatic carbocycles. The van der Waals surface area contributed by atoms with E-state index in [1.165, 1.54) is 0 Å². The van der Waals surface area contributed by atoms with Crippen LogP contribution in [0.1, 0.15) is 5.56 Å². The van der Waals surface area contributed by atoms with E-state index in [1.54, 1.807) is 36.7 Å². The molecule has 0 saturated heterocycles. The summed E-state index contributed by atoms with van der Waals surface area (Å²) in [4.78, 5) is 3.92. The van der Waals surface area contributed by atoms with E-state index in [9.17, 15) is 0 Å². The van der Waals surface area contributed by atoms with Gasteiger partial charge in [-0.05, 0) is 24.3 Å². The minimum absolute atomic E-state index is 0.414. The van der Waals surface area contributed by atoms with E-state index in [0.29, 0.717) is 23.1 Å². The maximum absolute atomic E-state index is 5.91. The number of nitrogens with two attached hydrogens (primary N) is 1. The van der Waals surface area contributed by atoms with Crippen LogP contribution in [0.15, 0.2) is 42.7 Å². The Bertz CT molecular complexity index is 474. The zero-order valence-corrected chi connectivity index (χ0v) is 9.32. The summed E-state index contributed by atoms with van der Waals surface area (Å²) in [5.41, 5.74) is 6.54. The molecule has 0 saturated carbocycles. The lowest BCUT2D eigenvalue weighted by Gasteiger charge is -2.09. The van der Waals surface area contributed by atoms with Crippen molar-refractivity contribution < 1.29 is 4.74 Å². The van der Waals surface area contributed by atoms with Crippen LogP contribution in [0.4, 0.5) is 0 Å². The molecule has 0 aliphatic rings. The van der Waals surface area contributed by atoms with Crippen molar-refractivity contribution >= 4 is 11.6 Å². The number of nitrogens with zero attached hydrogens (tertiary/aromatic N) is 1. The van der Waals surface area contributed by atoms with Gasteiger partial charge in [0.15, 0.2) is 0 Å². The van der Waals surface area contributed by atoms with Gasteiger partial charge in [0.2, 0.25) is 0 Å². The van der Waals surface area contributed by atoms with Crippen LogP contribution in [0.25, 0.3) is 0 Å². The van der Waals surface area contributed by atoms with Crippen molar-refractivity contribution in [3.05, 3.63) is 53.3 Å². The van der Waals surface area contributed by atoms with Crippen LogP contribution in [0.3, 0.4) is 0 Å². The molecule has 0 atom stereocenters. The molecular weight excluding hydrogens is 224 g/mol. The molecule has 0 unspecified atom stereocenters. The molecule has 0 radical (unpaired) electrons. The summed E-state index contributed by atoms with van der Waals surface area (Å²) < 4.78 is 5.68. The van der Waals surface area contributed by atoms with Gasteiger partial charge in [0.1, 0.15) is 11.5 Å². The zero-order valence-electron chi connectivity index (χ0n) is 8.56. The second-order valence-electron chi connectivity index (χ2n) is 3.24. The Morgan fingerprint density at radius 3 is 2.62 bits per heavy atom. The second-order valence-corrected chi connectivity index (χ2v) is 3.68. The van der Waals surface area contributed by atoms with Crippen molar-refractivity contribution in [2.75, 3.05) is 0 Å². The Morgan fingerprint density at radius 2 is 1.94 bits per heavy atom. The van der Waals surface area contributed by atoms with Gasteiger partial charge in [-0.2, -0.15) is 0 Å². The number of aromatic nitrogens is 1. The van der Waals surface area contributed by atoms with Gasteiger partial charge >= 0.3 is 0 Å². The largest absolute Gasteiger partial charge is 0.457 e. The van der Waals surface area contributed by atoms with E-state index >= 15 is 0 Å². The zero-order chi connectivity index (χ0) is 11.4. The van der Waals surface area contributed by atoms with Gasteiger partial charge in [-0.25, -0.2) is 0 Å². The van der Waals surface area contributed by atoms with Crippen LogP contribution in [0.5, 0.6) is 11.5 Å². The van der Waals surface area contributed by atoms with Gasteiger partial charge in [0.05, 0.1) is 0 Å². The fourth-order valence-corrected chi connectivity index (χ4v) is 1.49. The summed E-state index contributed by atoms with van der Waals surface area (Å²) in [6.45, 7) is 0.414. The van der Waals surface area contributed by atoms with Crippen LogP contribution in [0, 0.1) is 0 Å². The highest BCUT2D eigenvalue weighted by atomic mass is 35.5. The topological polar surface area (TPSA) is 48.1 Å². The van der Waals surface area contributed by atoms with Crippen molar-refractivity contribution in [3.63, 3.8) is 0 Å². The number of ether oxygens (including phenoxy) is 1. The molecule has 4 heteroatoms. The molecule has 0 aliphatic heterocycles. The van der Waals surface area contributed by atoms with E-state index in [1.807, 2.05) is 6.07 Å². The summed E-state index contributed by atoms with van der Waals surface area (Å²) in [5.74, 6) is 1.40. The molecule has 16 heavy (non-hydrogen) atoms. The first-order chi connectivity index (χ1) is 7.79. The minimum atomic E-state index is 0.414. The number of rotatable bonds is 3. The average molecular weight is 235 g/mol. The van der Waals surface area contributed by atoms with Gasteiger partial charge in [-0.3, -0.25) is 4.98 Å². The van der Waals surface area contributed by atoms with Gasteiger partial charge < -0.3 is 10.5 Å². The van der Waals surface area contributed by atoms with E-state index in [4.69, 9.17) is 22.1 Å². The number of hydrogen-bond acceptors (Lipinski definition) is 3. The number of pyridine rings is 1. The highest BCUT2D eigenvalue weighted by Crippen LogP contribution is 2.27. The summed E-state index contributed by atoms with van der Waals surface area (Å²) in [7, 11) is 0. The second kappa shape index (κ2) is 4.96. The summed E-state index contributed by atoms with van der Waals surface area (Å²) >= 11 is 5.91. The molecule has 0 aliphatic carbocycles. The Hall–Kier alpha value is -1.58. The van der Waals surface area contributed by atoms with Gasteiger partial charge in [-0.1, -0.05) is 17.7 Å². The maximum Gasteiger partial charge on any atom is 0.133 e. The average Bonchev–Trinajstić information content (AvgIpc) is 2.31. The van der Waals surface area contributed by atoms with Crippen molar-refractivity contribution in [1.29, 1.82) is 0 Å². The van der Waals surface area contributed by atoms with Crippen molar-refractivity contribution in [3.8, 4) is 11.5 Å². The highest BCUT2D eigenvalue weighted by Gasteiger charge is 2.04. The molecule has 2 N–H and O–H groups in total. The van der Waals surface area contributed by atoms with Crippen molar-refractivity contribution in [2.45, 2.75) is 6.54 Å². The third-order valence-corrected chi connectivity index (χ3v) is 2.36. The lowest BCUT2D eigenvalue weighted by atomic mass is 10.2. The fraction of sp³-hybridized carbons (Fsp3) is 0.0833. The molecule has 2 rings (SSSR count). The van der Waals surface area contributed by atoms with Crippen LogP contribution >= 0.6 is 11.6 Å². The Balaban J connectivity index is 2.30. The number of hydrogen-bond donors (Lipinski definition) is 1. The molecule has 1 heterocycles. The van der Waals surface area contributed by atoms with Gasteiger partial charge in [-0.15, -0.1) is 0 Å². The maximum atomic E-state index is 5.91. The number of benzene rings is 1. The first-order valence-electron chi connectivity index (χ1n) is 4.86. The molecule has 0 amide bonds. The summed E-state index contributed by atoms with van der Waals surface area (Å²) in [6, 6.07) is 8.97. The van der Waals surface area contributed by atoms with Crippen molar-refractivity contribution in [2.24, 2.45) is 5.73 Å². The minimum Gasteiger partial charge on any atom is -0.457 e. The molecule has 1 aromatic heterocycles. The normalized spacial score (nSPS) is 10.1. The molecular formula is C12H11ClN2O. The molecule has 82 valence electrons. The summed E-state index contributed by atoms with van der Waals surface area (Å²) in [6.07, 6.45) is 3.34. The molecule has 3 nitrogen and oxygen atoms in total. The predicted octanol–water partition coefficient (Wildman–Crippen LogP) is 2.99. The van der Waals surface area contributed by atoms with E-state index in [0.717, 1.165) is 5.56 Å². The first-order valence-corrected chi connectivity index (χ1v) is 5.24. The standard InChI is InChI=1S/C12H11ClN2O/c13-10-2-1-9(8-14)12(7-10)16-11-3-5-15-6-4-11/h1-7H,8,14H2. The van der Waals surface area contributed by atoms with E-state index < -0.39 is 0 Å². The Labute approximate surface area is 98.8 Å². The SMILES string of the molecule is NCc1ccc(Cl)cc1Oc1ccncc1. The highest BCUT2D eigenvalue weighted by molar-refractivity contribution is 6.30. The van der Waals surface area contributed by atoms with Crippen LogP contribution in [-0.2, 0) is 6.54 Å². The van der Waals surface area contributed by atoms with Crippen LogP contribution in [-0.4, -0.2) is 4.98 Å². The van der Waals surface area contributed by atoms with E-state index in [-0.39, 0.29) is 0 Å². The quantitative estimate of drug-likeness (QED) is 0.888. The lowest BCUT2D eigenvalue weighted by Crippen LogP contribution is -1.99. The summed E-state index contributed by atoms with van der Waals surface area (Å²) in [5, 5.41) is 0.626. The van der Waals surface area contributed by atoms with Crippen LogP contribution < -0.4 is 10.5 Å². The molecule has 2 aromatic rings. The first kappa shape index (κ1) is 10.9.